The van der Waals surface area contributed by atoms with Crippen LogP contribution in [0.5, 0.6) is 0 Å². The van der Waals surface area contributed by atoms with Crippen LogP contribution >= 0.6 is 0 Å². The Hall–Kier alpha value is 4.01. The van der Waals surface area contributed by atoms with E-state index in [2.05, 4.69) is 0 Å². The van der Waals surface area contributed by atoms with Gasteiger partial charge in [-0.3, -0.25) is 0 Å². The summed E-state index contributed by atoms with van der Waals surface area (Å²) < 4.78 is 0. The van der Waals surface area contributed by atoms with Crippen molar-refractivity contribution in [1.29, 1.82) is 0 Å². The fourth-order valence-corrected chi connectivity index (χ4v) is 0. The van der Waals surface area contributed by atoms with Crippen LogP contribution in [0.15, 0.2) is 0 Å². The summed E-state index contributed by atoms with van der Waals surface area (Å²) in [7, 11) is 0. The Morgan fingerprint density at radius 2 is 1.00 bits per heavy atom. The van der Waals surface area contributed by atoms with Crippen molar-refractivity contribution >= 4 is 95.1 Å². The van der Waals surface area contributed by atoms with Crippen LogP contribution in [0.4, 0.5) is 0 Å². The molecule has 0 spiro atoms. The second kappa shape index (κ2) is 15.7. The van der Waals surface area contributed by atoms with Gasteiger partial charge in [0.1, 0.15) is 0 Å². The van der Waals surface area contributed by atoms with Crippen LogP contribution in [-0.4, -0.2) is 95.1 Å². The Morgan fingerprint density at radius 1 is 1.00 bits per heavy atom. The molecule has 0 saturated carbocycles. The van der Waals surface area contributed by atoms with Crippen molar-refractivity contribution in [2.75, 3.05) is 0 Å². The van der Waals surface area contributed by atoms with Gasteiger partial charge in [-0.15, -0.1) is 0 Å². The molecule has 0 atom stereocenters. The van der Waals surface area contributed by atoms with Gasteiger partial charge in [0.05, 0.1) is 0 Å². The van der Waals surface area contributed by atoms with Crippen molar-refractivity contribution in [3.8, 4) is 0 Å². The first-order chi connectivity index (χ1) is 0. The summed E-state index contributed by atoms with van der Waals surface area (Å²) in [6.45, 7) is 0. The van der Waals surface area contributed by atoms with E-state index in [1.165, 1.54) is 0 Å². The summed E-state index contributed by atoms with van der Waals surface area (Å²) in [5.74, 6) is 0. The van der Waals surface area contributed by atoms with Gasteiger partial charge in [-0.2, -0.15) is 0 Å². The molecule has 0 unspecified atom stereocenters. The van der Waals surface area contributed by atoms with Gasteiger partial charge in [0.2, 0.25) is 0 Å². The van der Waals surface area contributed by atoms with Crippen LogP contribution in [0, 0.1) is 0 Å². The normalized spacial score (nSPS) is 0. The number of rotatable bonds is 0. The first-order valence-electron chi connectivity index (χ1n) is 0. The molecule has 4 heavy (non-hydrogen) atoms. The first-order valence-corrected chi connectivity index (χ1v) is 0. The fourth-order valence-electron chi connectivity index (χ4n) is 0. The summed E-state index contributed by atoms with van der Waals surface area (Å²) in [5.41, 5.74) is 0. The second-order valence-electron chi connectivity index (χ2n) is 0. The monoisotopic (exact) mass is 436 g/mol. The van der Waals surface area contributed by atoms with E-state index in [4.69, 9.17) is 0 Å². The zero-order valence-electron chi connectivity index (χ0n) is 1.41. The van der Waals surface area contributed by atoms with Crippen LogP contribution < -0.4 is 0 Å². The van der Waals surface area contributed by atoms with E-state index in [0.29, 0.717) is 0 Å². The molecule has 0 nitrogen and oxygen atoms in total. The predicted octanol–water partition coefficient (Wildman–Crippen LogP) is -2.75. The third-order valence-electron chi connectivity index (χ3n) is 0. The summed E-state index contributed by atoms with van der Waals surface area (Å²) in [6.07, 6.45) is 0. The van der Waals surface area contributed by atoms with Crippen molar-refractivity contribution in [3.63, 3.8) is 0 Å². The quantitative estimate of drug-likeness (QED) is 0.363. The third-order valence-corrected chi connectivity index (χ3v) is 0. The fraction of sp³-hybridized carbons (Fsp3) is 0. The van der Waals surface area contributed by atoms with Gasteiger partial charge in [-0.25, -0.2) is 0 Å². The molecule has 0 aromatic heterocycles. The Balaban J connectivity index is 0. The average molecular weight is 434 g/mol. The minimum atomic E-state index is 0. The van der Waals surface area contributed by atoms with Crippen molar-refractivity contribution in [2.45, 2.75) is 0 Å². The maximum atomic E-state index is 0. The van der Waals surface area contributed by atoms with Crippen molar-refractivity contribution in [3.05, 3.63) is 0 Å². The van der Waals surface area contributed by atoms with Gasteiger partial charge in [-0.05, 0) is 0 Å². The molecule has 0 heterocycles. The molecule has 0 fully saturated rings. The summed E-state index contributed by atoms with van der Waals surface area (Å²) >= 11 is 0. The van der Waals surface area contributed by atoms with Gasteiger partial charge >= 0.3 is 95.1 Å². The predicted molar refractivity (Wildman–Crippen MR) is 25.6 cm³/mol. The first kappa shape index (κ1) is 24.5. The molecule has 0 aliphatic carbocycles. The average Bonchev–Trinajstić information content (AvgIpc) is 0. The van der Waals surface area contributed by atoms with Crippen molar-refractivity contribution in [1.82, 2.24) is 0 Å². The van der Waals surface area contributed by atoms with Crippen molar-refractivity contribution in [2.24, 2.45) is 0 Å². The Morgan fingerprint density at radius 3 is 1.00 bits per heavy atom. The molecule has 4 heteroatoms. The topological polar surface area (TPSA) is 0 Å². The molecule has 0 rings (SSSR count). The molecular weight excluding hydrogens is 428 g/mol. The third kappa shape index (κ3) is 9.38. The minimum absolute atomic E-state index is 0. The molecule has 0 aromatic carbocycles. The second-order valence-corrected chi connectivity index (χ2v) is 0. The zero-order chi connectivity index (χ0) is 0. The molecule has 0 saturated heterocycles. The summed E-state index contributed by atoms with van der Waals surface area (Å²) in [6, 6.07) is 0. The van der Waals surface area contributed by atoms with E-state index in [-0.39, 0.29) is 123 Å². The van der Waals surface area contributed by atoms with Crippen LogP contribution in [0.1, 0.15) is 0 Å². The van der Waals surface area contributed by atoms with Crippen LogP contribution in [-0.2, 0) is 27.7 Å². The Labute approximate surface area is 119 Å². The summed E-state index contributed by atoms with van der Waals surface area (Å²) in [4.78, 5) is 0. The van der Waals surface area contributed by atoms with Gasteiger partial charge < -0.3 is 0 Å². The summed E-state index contributed by atoms with van der Waals surface area (Å²) in [5, 5.41) is 0. The van der Waals surface area contributed by atoms with E-state index >= 15 is 0 Å². The molecule has 0 amide bonds. The molecular formula is H6GaHgKSn. The maximum absolute atomic E-state index is 0. The van der Waals surface area contributed by atoms with E-state index in [9.17, 15) is 0 Å². The standard InChI is InChI=1S/Ga.Hg.K.Sn.6H. The van der Waals surface area contributed by atoms with E-state index in [0.717, 1.165) is 0 Å². The Bertz CT molecular complexity index is 8.00. The molecule has 0 bridgehead atoms. The Kier molecular flexibility index (Phi) is 96.4. The zero-order valence-corrected chi connectivity index (χ0v) is 10.9. The molecule has 0 aliphatic heterocycles. The van der Waals surface area contributed by atoms with Gasteiger partial charge in [0.25, 0.3) is 0 Å². The van der Waals surface area contributed by atoms with Gasteiger partial charge in [-0.1, -0.05) is 0 Å². The number of hydrogen-bond acceptors (Lipinski definition) is 0. The molecule has 0 N–H and O–H groups in total. The number of hydrogen-bond donors (Lipinski definition) is 0. The molecule has 16 valence electrons. The molecule has 0 aliphatic rings. The SMILES string of the molecule is [GaH3].[Hg].[KH].[SnH2]. The van der Waals surface area contributed by atoms with Crippen LogP contribution in [0.25, 0.3) is 0 Å². The van der Waals surface area contributed by atoms with E-state index < -0.39 is 0 Å². The van der Waals surface area contributed by atoms with E-state index in [1.807, 2.05) is 0 Å². The van der Waals surface area contributed by atoms with Gasteiger partial charge in [0.15, 0.2) is 0 Å². The van der Waals surface area contributed by atoms with Crippen LogP contribution in [0.3, 0.4) is 0 Å². The molecule has 2 radical (unpaired) electrons. The van der Waals surface area contributed by atoms with Crippen LogP contribution in [0.2, 0.25) is 0 Å². The van der Waals surface area contributed by atoms with Gasteiger partial charge in [0, 0.05) is 27.7 Å². The molecule has 0 aromatic rings. The van der Waals surface area contributed by atoms with E-state index in [1.54, 1.807) is 0 Å². The van der Waals surface area contributed by atoms with Crippen molar-refractivity contribution < 1.29 is 27.7 Å².